The highest BCUT2D eigenvalue weighted by Crippen LogP contribution is 2.41. The Morgan fingerprint density at radius 2 is 1.69 bits per heavy atom. The van der Waals surface area contributed by atoms with E-state index in [4.69, 9.17) is 11.6 Å². The molecular weight excluding hydrogens is 470 g/mol. The van der Waals surface area contributed by atoms with Gasteiger partial charge in [0, 0.05) is 23.7 Å². The second kappa shape index (κ2) is 14.4. The van der Waals surface area contributed by atoms with Gasteiger partial charge in [0.05, 0.1) is 0 Å². The van der Waals surface area contributed by atoms with Crippen LogP contribution in [0.2, 0.25) is 0 Å². The molecule has 4 aliphatic rings. The summed E-state index contributed by atoms with van der Waals surface area (Å²) in [5, 5.41) is 5.19. The third-order valence-corrected chi connectivity index (χ3v) is 11.0. The number of hydrogen-bond donors (Lipinski definition) is 2. The van der Waals surface area contributed by atoms with Gasteiger partial charge in [-0.15, -0.1) is 0 Å². The monoisotopic (exact) mass is 523 g/mol. The summed E-state index contributed by atoms with van der Waals surface area (Å²) in [6, 6.07) is 1.39. The van der Waals surface area contributed by atoms with Gasteiger partial charge in [0.15, 0.2) is 0 Å². The van der Waals surface area contributed by atoms with E-state index < -0.39 is 0 Å². The van der Waals surface area contributed by atoms with Crippen molar-refractivity contribution < 1.29 is 0 Å². The zero-order valence-electron chi connectivity index (χ0n) is 23.0. The van der Waals surface area contributed by atoms with Gasteiger partial charge in [0.25, 0.3) is 0 Å². The molecule has 35 heavy (non-hydrogen) atoms. The fourth-order valence-electron chi connectivity index (χ4n) is 7.84. The van der Waals surface area contributed by atoms with E-state index in [1.54, 1.807) is 0 Å². The molecule has 0 aromatic rings. The highest BCUT2D eigenvalue weighted by Gasteiger charge is 2.33. The normalized spacial score (nSPS) is 34.7. The average Bonchev–Trinajstić information content (AvgIpc) is 2.88. The molecule has 1 aliphatic heterocycles. The van der Waals surface area contributed by atoms with E-state index in [0.717, 1.165) is 47.1 Å². The Bertz CT molecular complexity index is 646. The van der Waals surface area contributed by atoms with E-state index in [1.807, 2.05) is 11.9 Å². The summed E-state index contributed by atoms with van der Waals surface area (Å²) in [5.41, 5.74) is 0. The molecular formula is C30H54ClN3S. The first-order valence-corrected chi connectivity index (χ1v) is 16.7. The van der Waals surface area contributed by atoms with E-state index in [-0.39, 0.29) is 0 Å². The average molecular weight is 524 g/mol. The Hall–Kier alpha value is 0.260. The van der Waals surface area contributed by atoms with Gasteiger partial charge in [0.2, 0.25) is 0 Å². The first-order valence-electron chi connectivity index (χ1n) is 15.1. The van der Waals surface area contributed by atoms with Crippen LogP contribution in [0, 0.1) is 35.5 Å². The number of likely N-dealkylation sites (tertiary alicyclic amines) is 1. The van der Waals surface area contributed by atoms with Crippen molar-refractivity contribution in [3.05, 3.63) is 11.1 Å². The van der Waals surface area contributed by atoms with Crippen LogP contribution in [0.15, 0.2) is 11.1 Å². The molecule has 0 spiro atoms. The molecule has 3 nitrogen and oxygen atoms in total. The van der Waals surface area contributed by atoms with Gasteiger partial charge in [-0.2, -0.15) is 0 Å². The second-order valence-corrected chi connectivity index (χ2v) is 13.9. The van der Waals surface area contributed by atoms with Crippen LogP contribution in [-0.2, 0) is 0 Å². The van der Waals surface area contributed by atoms with E-state index in [0.29, 0.717) is 12.0 Å². The maximum absolute atomic E-state index is 6.22. The number of piperidine rings is 1. The fourth-order valence-corrected chi connectivity index (χ4v) is 8.59. The molecule has 6 atom stereocenters. The second-order valence-electron chi connectivity index (χ2n) is 12.8. The Balaban J connectivity index is 1.19. The van der Waals surface area contributed by atoms with Gasteiger partial charge < -0.3 is 10.2 Å². The third-order valence-electron chi connectivity index (χ3n) is 10.1. The molecule has 2 N–H and O–H groups in total. The third kappa shape index (κ3) is 8.63. The molecule has 5 unspecified atom stereocenters. The number of allylic oxidation sites excluding steroid dienone is 2. The van der Waals surface area contributed by atoms with Crippen LogP contribution < -0.4 is 10.0 Å². The van der Waals surface area contributed by atoms with E-state index in [9.17, 15) is 0 Å². The van der Waals surface area contributed by atoms with Gasteiger partial charge in [-0.3, -0.25) is 4.72 Å². The summed E-state index contributed by atoms with van der Waals surface area (Å²) in [6.07, 6.45) is 22.5. The van der Waals surface area contributed by atoms with Crippen molar-refractivity contribution in [2.75, 3.05) is 32.4 Å². The molecule has 0 aromatic carbocycles. The predicted molar refractivity (Wildman–Crippen MR) is 155 cm³/mol. The first-order chi connectivity index (χ1) is 17.0. The van der Waals surface area contributed by atoms with Crippen molar-refractivity contribution >= 4 is 23.5 Å². The molecule has 0 aromatic heterocycles. The topological polar surface area (TPSA) is 27.3 Å². The number of rotatable bonds is 10. The summed E-state index contributed by atoms with van der Waals surface area (Å²) in [5.74, 6) is 5.34. The Morgan fingerprint density at radius 1 is 0.943 bits per heavy atom. The maximum Gasteiger partial charge on any atom is 0.0218 e. The van der Waals surface area contributed by atoms with Crippen LogP contribution in [0.5, 0.6) is 0 Å². The van der Waals surface area contributed by atoms with Crippen molar-refractivity contribution in [3.63, 3.8) is 0 Å². The lowest BCUT2D eigenvalue weighted by Gasteiger charge is -2.40. The highest BCUT2D eigenvalue weighted by molar-refractivity contribution is 7.96. The predicted octanol–water partition coefficient (Wildman–Crippen LogP) is 7.47. The SMILES string of the molecule is CSNC1CCCC(C2CCCC(CN[C@@H](CN3CCC(C4CC=C(Cl)CC4)CC3)C(C)C)C2)C1. The lowest BCUT2D eigenvalue weighted by Crippen LogP contribution is -2.48. The van der Waals surface area contributed by atoms with Crippen LogP contribution in [0.3, 0.4) is 0 Å². The van der Waals surface area contributed by atoms with Crippen LogP contribution in [-0.4, -0.2) is 49.4 Å². The summed E-state index contributed by atoms with van der Waals surface area (Å²) < 4.78 is 3.67. The molecule has 3 aliphatic carbocycles. The number of nitrogens with zero attached hydrogens (tertiary/aromatic N) is 1. The lowest BCUT2D eigenvalue weighted by molar-refractivity contribution is 0.117. The van der Waals surface area contributed by atoms with Crippen LogP contribution in [0.1, 0.15) is 97.3 Å². The van der Waals surface area contributed by atoms with Gasteiger partial charge in [-0.25, -0.2) is 0 Å². The van der Waals surface area contributed by atoms with Gasteiger partial charge in [-0.1, -0.05) is 69.2 Å². The van der Waals surface area contributed by atoms with Gasteiger partial charge >= 0.3 is 0 Å². The van der Waals surface area contributed by atoms with Crippen LogP contribution in [0.25, 0.3) is 0 Å². The van der Waals surface area contributed by atoms with Gasteiger partial charge in [0.1, 0.15) is 0 Å². The maximum atomic E-state index is 6.22. The largest absolute Gasteiger partial charge is 0.312 e. The molecule has 1 heterocycles. The molecule has 3 fully saturated rings. The minimum absolute atomic E-state index is 0.633. The highest BCUT2D eigenvalue weighted by atomic mass is 35.5. The first kappa shape index (κ1) is 28.3. The zero-order chi connectivity index (χ0) is 24.6. The van der Waals surface area contributed by atoms with Gasteiger partial charge in [-0.05, 0) is 119 Å². The summed E-state index contributed by atoms with van der Waals surface area (Å²) >= 11 is 8.05. The standard InChI is InChI=1S/C30H54ClN3S/c1-22(2)30(21-34-16-14-25(15-17-34)24-10-12-28(31)13-11-24)32-20-23-6-4-7-26(18-23)27-8-5-9-29(19-27)33-35-3/h12,22-27,29-30,32-33H,4-11,13-21H2,1-3H3/t23?,24?,26?,27?,29?,30-/m0/s1. The number of halogens is 1. The summed E-state index contributed by atoms with van der Waals surface area (Å²) in [7, 11) is 0. The minimum Gasteiger partial charge on any atom is -0.312 e. The van der Waals surface area contributed by atoms with Crippen molar-refractivity contribution in [1.29, 1.82) is 0 Å². The molecule has 0 radical (unpaired) electrons. The molecule has 0 amide bonds. The quantitative estimate of drug-likeness (QED) is 0.290. The molecule has 5 heteroatoms. The Labute approximate surface area is 226 Å². The summed E-state index contributed by atoms with van der Waals surface area (Å²) in [4.78, 5) is 2.77. The molecule has 0 bridgehead atoms. The molecule has 1 saturated heterocycles. The summed E-state index contributed by atoms with van der Waals surface area (Å²) in [6.45, 7) is 9.91. The lowest BCUT2D eigenvalue weighted by atomic mass is 9.69. The number of hydrogen-bond acceptors (Lipinski definition) is 4. The van der Waals surface area contributed by atoms with E-state index in [2.05, 4.69) is 41.1 Å². The molecule has 2 saturated carbocycles. The van der Waals surface area contributed by atoms with E-state index >= 15 is 0 Å². The van der Waals surface area contributed by atoms with Crippen LogP contribution >= 0.6 is 23.5 Å². The van der Waals surface area contributed by atoms with Crippen molar-refractivity contribution in [2.45, 2.75) is 109 Å². The van der Waals surface area contributed by atoms with Crippen molar-refractivity contribution in [1.82, 2.24) is 14.9 Å². The smallest absolute Gasteiger partial charge is 0.0218 e. The Kier molecular flexibility index (Phi) is 11.7. The fraction of sp³-hybridized carbons (Fsp3) is 0.933. The van der Waals surface area contributed by atoms with Crippen molar-refractivity contribution in [2.24, 2.45) is 35.5 Å². The molecule has 4 rings (SSSR count). The van der Waals surface area contributed by atoms with Crippen LogP contribution in [0.4, 0.5) is 0 Å². The van der Waals surface area contributed by atoms with Crippen molar-refractivity contribution in [3.8, 4) is 0 Å². The zero-order valence-corrected chi connectivity index (χ0v) is 24.5. The Morgan fingerprint density at radius 3 is 2.37 bits per heavy atom. The molecule has 202 valence electrons. The van der Waals surface area contributed by atoms with E-state index in [1.165, 1.54) is 103 Å². The minimum atomic E-state index is 0.633. The number of nitrogens with one attached hydrogen (secondary N) is 2.